The van der Waals surface area contributed by atoms with Gasteiger partial charge >= 0.3 is 5.97 Å². The van der Waals surface area contributed by atoms with Crippen LogP contribution in [0.25, 0.3) is 6.08 Å². The van der Waals surface area contributed by atoms with Crippen LogP contribution in [0.15, 0.2) is 51.5 Å². The lowest BCUT2D eigenvalue weighted by molar-refractivity contribution is -0.136. The van der Waals surface area contributed by atoms with E-state index in [0.29, 0.717) is 26.4 Å². The Bertz CT molecular complexity index is 1380. The van der Waals surface area contributed by atoms with Gasteiger partial charge in [-0.05, 0) is 37.6 Å². The first-order valence-electron chi connectivity index (χ1n) is 9.59. The van der Waals surface area contributed by atoms with E-state index in [1.165, 1.54) is 18.4 Å². The summed E-state index contributed by atoms with van der Waals surface area (Å²) >= 11 is 1.29. The highest BCUT2D eigenvalue weighted by atomic mass is 32.1. The molecule has 0 saturated carbocycles. The normalized spacial score (nSPS) is 16.2. The quantitative estimate of drug-likeness (QED) is 0.576. The standard InChI is InChI=1S/C22H22N4O4S/c1-12-18(21(28)30-5)19(14-6-8-16(29-4)9-7-14)26-20(27)17(31-22(26)24-12)10-15-11-23-25(3)13(15)2/h6-11,19H,1-5H3. The Morgan fingerprint density at radius 3 is 2.48 bits per heavy atom. The molecule has 1 aliphatic rings. The highest BCUT2D eigenvalue weighted by Gasteiger charge is 2.33. The predicted molar refractivity (Wildman–Crippen MR) is 117 cm³/mol. The molecule has 0 fully saturated rings. The second kappa shape index (κ2) is 7.99. The Balaban J connectivity index is 1.97. The molecule has 1 aromatic carbocycles. The van der Waals surface area contributed by atoms with Gasteiger partial charge in [0.2, 0.25) is 0 Å². The molecular weight excluding hydrogens is 416 g/mol. The Labute approximate surface area is 182 Å². The maximum Gasteiger partial charge on any atom is 0.338 e. The lowest BCUT2D eigenvalue weighted by Gasteiger charge is -2.24. The van der Waals surface area contributed by atoms with Crippen molar-refractivity contribution < 1.29 is 14.3 Å². The second-order valence-electron chi connectivity index (χ2n) is 7.16. The number of methoxy groups -OCH3 is 2. The van der Waals surface area contributed by atoms with Crippen molar-refractivity contribution in [3.63, 3.8) is 0 Å². The summed E-state index contributed by atoms with van der Waals surface area (Å²) in [6.07, 6.45) is 3.54. The van der Waals surface area contributed by atoms with Gasteiger partial charge in [-0.25, -0.2) is 9.79 Å². The Morgan fingerprint density at radius 1 is 1.19 bits per heavy atom. The van der Waals surface area contributed by atoms with Crippen LogP contribution >= 0.6 is 11.3 Å². The number of rotatable bonds is 4. The van der Waals surface area contributed by atoms with Crippen molar-refractivity contribution in [3.8, 4) is 5.75 Å². The Morgan fingerprint density at radius 2 is 1.90 bits per heavy atom. The highest BCUT2D eigenvalue weighted by molar-refractivity contribution is 7.07. The first-order valence-corrected chi connectivity index (χ1v) is 10.4. The number of thiazole rings is 1. The fourth-order valence-electron chi connectivity index (χ4n) is 3.59. The minimum Gasteiger partial charge on any atom is -0.497 e. The molecular formula is C22H22N4O4S. The summed E-state index contributed by atoms with van der Waals surface area (Å²) in [4.78, 5) is 31.2. The molecule has 1 aliphatic heterocycles. The van der Waals surface area contributed by atoms with Gasteiger partial charge < -0.3 is 9.47 Å². The molecule has 0 bridgehead atoms. The van der Waals surface area contributed by atoms with Gasteiger partial charge in [-0.3, -0.25) is 14.0 Å². The number of esters is 1. The Kier molecular flexibility index (Phi) is 5.36. The van der Waals surface area contributed by atoms with E-state index in [1.807, 2.05) is 32.2 Å². The van der Waals surface area contributed by atoms with Crippen molar-refractivity contribution in [3.05, 3.63) is 78.2 Å². The van der Waals surface area contributed by atoms with Gasteiger partial charge in [-0.2, -0.15) is 5.10 Å². The number of aryl methyl sites for hydroxylation is 1. The van der Waals surface area contributed by atoms with Crippen molar-refractivity contribution in [2.75, 3.05) is 14.2 Å². The summed E-state index contributed by atoms with van der Waals surface area (Å²) in [5.41, 5.74) is 3.21. The van der Waals surface area contributed by atoms with Crippen LogP contribution in [0, 0.1) is 6.92 Å². The van der Waals surface area contributed by atoms with E-state index in [9.17, 15) is 9.59 Å². The van der Waals surface area contributed by atoms with Gasteiger partial charge in [-0.15, -0.1) is 0 Å². The summed E-state index contributed by atoms with van der Waals surface area (Å²) < 4.78 is 14.1. The molecule has 0 N–H and O–H groups in total. The van der Waals surface area contributed by atoms with Crippen LogP contribution in [0.3, 0.4) is 0 Å². The number of carbonyl (C=O) groups excluding carboxylic acids is 1. The van der Waals surface area contributed by atoms with Crippen LogP contribution in [0.2, 0.25) is 0 Å². The number of aromatic nitrogens is 3. The molecule has 31 heavy (non-hydrogen) atoms. The van der Waals surface area contributed by atoms with E-state index in [-0.39, 0.29) is 5.56 Å². The number of fused-ring (bicyclic) bond motifs is 1. The summed E-state index contributed by atoms with van der Waals surface area (Å²) in [7, 11) is 4.76. The molecule has 4 rings (SSSR count). The van der Waals surface area contributed by atoms with E-state index in [4.69, 9.17) is 9.47 Å². The van der Waals surface area contributed by atoms with Gasteiger partial charge in [0.1, 0.15) is 5.75 Å². The average molecular weight is 439 g/mol. The minimum absolute atomic E-state index is 0.221. The minimum atomic E-state index is -0.647. The molecule has 9 heteroatoms. The zero-order valence-corrected chi connectivity index (χ0v) is 18.7. The zero-order valence-electron chi connectivity index (χ0n) is 17.9. The third-order valence-electron chi connectivity index (χ3n) is 5.42. The van der Waals surface area contributed by atoms with Gasteiger partial charge in [0, 0.05) is 18.3 Å². The molecule has 2 aromatic heterocycles. The molecule has 3 heterocycles. The molecule has 0 amide bonds. The number of nitrogens with zero attached hydrogens (tertiary/aromatic N) is 4. The van der Waals surface area contributed by atoms with Crippen molar-refractivity contribution in [2.45, 2.75) is 19.9 Å². The topological polar surface area (TPSA) is 87.7 Å². The summed E-state index contributed by atoms with van der Waals surface area (Å²) in [5.74, 6) is 0.169. The maximum atomic E-state index is 13.5. The van der Waals surface area contributed by atoms with Crippen LogP contribution in [0.5, 0.6) is 5.75 Å². The number of carbonyl (C=O) groups is 1. The van der Waals surface area contributed by atoms with Crippen LogP contribution < -0.4 is 19.6 Å². The zero-order chi connectivity index (χ0) is 22.3. The van der Waals surface area contributed by atoms with E-state index in [2.05, 4.69) is 10.1 Å². The van der Waals surface area contributed by atoms with Crippen LogP contribution in [0.4, 0.5) is 0 Å². The van der Waals surface area contributed by atoms with Gasteiger partial charge in [-0.1, -0.05) is 23.5 Å². The molecule has 1 atom stereocenters. The van der Waals surface area contributed by atoms with Crippen LogP contribution in [-0.4, -0.2) is 34.5 Å². The largest absolute Gasteiger partial charge is 0.497 e. The van der Waals surface area contributed by atoms with Crippen LogP contribution in [-0.2, 0) is 16.6 Å². The lowest BCUT2D eigenvalue weighted by atomic mass is 9.96. The van der Waals surface area contributed by atoms with E-state index < -0.39 is 12.0 Å². The number of hydrogen-bond acceptors (Lipinski definition) is 7. The highest BCUT2D eigenvalue weighted by Crippen LogP contribution is 2.31. The summed E-state index contributed by atoms with van der Waals surface area (Å²) in [6.45, 7) is 3.70. The number of ether oxygens (including phenoxy) is 2. The molecule has 8 nitrogen and oxygen atoms in total. The van der Waals surface area contributed by atoms with Crippen molar-refractivity contribution in [1.82, 2.24) is 14.3 Å². The van der Waals surface area contributed by atoms with E-state index >= 15 is 0 Å². The van der Waals surface area contributed by atoms with Crippen molar-refractivity contribution in [2.24, 2.45) is 12.0 Å². The SMILES string of the molecule is COC(=O)C1=C(C)N=c2sc(=Cc3cnn(C)c3C)c(=O)n2C1c1ccc(OC)cc1. The van der Waals surface area contributed by atoms with Crippen molar-refractivity contribution in [1.29, 1.82) is 0 Å². The molecule has 0 aliphatic carbocycles. The third-order valence-corrected chi connectivity index (χ3v) is 6.40. The van der Waals surface area contributed by atoms with E-state index in [1.54, 1.807) is 41.6 Å². The van der Waals surface area contributed by atoms with Crippen LogP contribution in [0.1, 0.15) is 29.8 Å². The van der Waals surface area contributed by atoms with Gasteiger partial charge in [0.15, 0.2) is 4.80 Å². The molecule has 0 saturated heterocycles. The van der Waals surface area contributed by atoms with Gasteiger partial charge in [0.25, 0.3) is 5.56 Å². The molecule has 0 radical (unpaired) electrons. The molecule has 3 aromatic rings. The number of hydrogen-bond donors (Lipinski definition) is 0. The molecule has 0 spiro atoms. The second-order valence-corrected chi connectivity index (χ2v) is 8.16. The molecule has 1 unspecified atom stereocenters. The summed E-state index contributed by atoms with van der Waals surface area (Å²) in [5, 5.41) is 4.24. The first-order chi connectivity index (χ1) is 14.8. The molecule has 160 valence electrons. The van der Waals surface area contributed by atoms with Crippen molar-refractivity contribution >= 4 is 23.4 Å². The fourth-order valence-corrected chi connectivity index (χ4v) is 4.63. The first kappa shape index (κ1) is 20.8. The number of allylic oxidation sites excluding steroid dienone is 1. The predicted octanol–water partition coefficient (Wildman–Crippen LogP) is 1.46. The lowest BCUT2D eigenvalue weighted by Crippen LogP contribution is -2.39. The number of benzene rings is 1. The maximum absolute atomic E-state index is 13.5. The third kappa shape index (κ3) is 3.50. The smallest absolute Gasteiger partial charge is 0.338 e. The average Bonchev–Trinajstić information content (AvgIpc) is 3.25. The van der Waals surface area contributed by atoms with Gasteiger partial charge in [0.05, 0.1) is 42.3 Å². The van der Waals surface area contributed by atoms with E-state index in [0.717, 1.165) is 16.8 Å². The Hall–Kier alpha value is -3.46. The summed E-state index contributed by atoms with van der Waals surface area (Å²) in [6, 6.07) is 6.64. The fraction of sp³-hybridized carbons (Fsp3) is 0.273. The monoisotopic (exact) mass is 438 g/mol.